The highest BCUT2D eigenvalue weighted by atomic mass is 16.3. The lowest BCUT2D eigenvalue weighted by molar-refractivity contribution is -0.126. The molecule has 1 saturated heterocycles. The number of carbonyl (C=O) groups is 2. The van der Waals surface area contributed by atoms with E-state index in [1.165, 1.54) is 0 Å². The van der Waals surface area contributed by atoms with Crippen molar-refractivity contribution in [3.05, 3.63) is 65.2 Å². The van der Waals surface area contributed by atoms with E-state index >= 15 is 0 Å². The number of piperidine rings is 1. The zero-order valence-corrected chi connectivity index (χ0v) is 16.9. The Morgan fingerprint density at radius 2 is 1.93 bits per heavy atom. The Morgan fingerprint density at radius 1 is 1.10 bits per heavy atom. The Balaban J connectivity index is 1.29. The quantitative estimate of drug-likeness (QED) is 0.724. The van der Waals surface area contributed by atoms with Gasteiger partial charge in [0.05, 0.1) is 23.9 Å². The number of likely N-dealkylation sites (tertiary alicyclic amines) is 1. The van der Waals surface area contributed by atoms with Gasteiger partial charge in [0.1, 0.15) is 5.76 Å². The van der Waals surface area contributed by atoms with Crippen molar-refractivity contribution in [1.82, 2.24) is 15.2 Å². The number of rotatable bonds is 4. The number of pyridine rings is 1. The van der Waals surface area contributed by atoms with Gasteiger partial charge in [0.2, 0.25) is 5.91 Å². The molecule has 0 bridgehead atoms. The molecule has 1 aliphatic carbocycles. The fourth-order valence-electron chi connectivity index (χ4n) is 4.69. The second kappa shape index (κ2) is 7.94. The first-order chi connectivity index (χ1) is 14.7. The molecule has 154 valence electrons. The molecule has 3 aromatic rings. The smallest absolute Gasteiger partial charge is 0.254 e. The minimum absolute atomic E-state index is 0.0359. The summed E-state index contributed by atoms with van der Waals surface area (Å²) in [6, 6.07) is 11.6. The van der Waals surface area contributed by atoms with Crippen LogP contribution >= 0.6 is 0 Å². The van der Waals surface area contributed by atoms with Crippen LogP contribution in [0.4, 0.5) is 0 Å². The Morgan fingerprint density at radius 3 is 2.73 bits per heavy atom. The highest BCUT2D eigenvalue weighted by Gasteiger charge is 2.31. The predicted octanol–water partition coefficient (Wildman–Crippen LogP) is 3.49. The number of amides is 2. The zero-order valence-electron chi connectivity index (χ0n) is 16.9. The van der Waals surface area contributed by atoms with Gasteiger partial charge >= 0.3 is 0 Å². The van der Waals surface area contributed by atoms with Gasteiger partial charge in [-0.1, -0.05) is 18.2 Å². The van der Waals surface area contributed by atoms with E-state index in [-0.39, 0.29) is 17.7 Å². The van der Waals surface area contributed by atoms with Crippen molar-refractivity contribution in [2.45, 2.75) is 38.6 Å². The van der Waals surface area contributed by atoms with Gasteiger partial charge in [-0.15, -0.1) is 0 Å². The highest BCUT2D eigenvalue weighted by Crippen LogP contribution is 2.32. The molecule has 2 amide bonds. The minimum Gasteiger partial charge on any atom is -0.467 e. The third kappa shape index (κ3) is 3.47. The Bertz CT molecular complexity index is 1080. The van der Waals surface area contributed by atoms with Crippen LogP contribution in [0.3, 0.4) is 0 Å². The first kappa shape index (κ1) is 18.9. The number of aromatic nitrogens is 1. The van der Waals surface area contributed by atoms with Crippen molar-refractivity contribution < 1.29 is 14.0 Å². The number of fused-ring (bicyclic) bond motifs is 2. The molecular formula is C24H25N3O3. The molecule has 6 heteroatoms. The minimum atomic E-state index is -0.0658. The fourth-order valence-corrected chi connectivity index (χ4v) is 4.69. The van der Waals surface area contributed by atoms with Crippen molar-refractivity contribution in [3.8, 4) is 0 Å². The molecule has 1 fully saturated rings. The summed E-state index contributed by atoms with van der Waals surface area (Å²) >= 11 is 0. The molecule has 0 atom stereocenters. The van der Waals surface area contributed by atoms with Crippen LogP contribution in [0.25, 0.3) is 10.9 Å². The van der Waals surface area contributed by atoms with Crippen molar-refractivity contribution >= 4 is 22.7 Å². The summed E-state index contributed by atoms with van der Waals surface area (Å²) in [5.74, 6) is 0.799. The van der Waals surface area contributed by atoms with E-state index in [2.05, 4.69) is 5.32 Å². The molecule has 1 aromatic carbocycles. The number of para-hydroxylation sites is 1. The molecular weight excluding hydrogens is 378 g/mol. The van der Waals surface area contributed by atoms with Gasteiger partial charge in [-0.3, -0.25) is 14.6 Å². The molecule has 1 N–H and O–H groups in total. The summed E-state index contributed by atoms with van der Waals surface area (Å²) in [6.07, 6.45) is 5.88. The molecule has 0 unspecified atom stereocenters. The second-order valence-electron chi connectivity index (χ2n) is 8.15. The lowest BCUT2D eigenvalue weighted by atomic mass is 9.94. The van der Waals surface area contributed by atoms with Crippen molar-refractivity contribution in [1.29, 1.82) is 0 Å². The third-order valence-electron chi connectivity index (χ3n) is 6.30. The molecule has 3 heterocycles. The average molecular weight is 403 g/mol. The van der Waals surface area contributed by atoms with Gasteiger partial charge in [-0.2, -0.15) is 0 Å². The Kier molecular flexibility index (Phi) is 4.99. The van der Waals surface area contributed by atoms with Gasteiger partial charge in [-0.25, -0.2) is 0 Å². The molecule has 2 aromatic heterocycles. The highest BCUT2D eigenvalue weighted by molar-refractivity contribution is 6.08. The number of hydrogen-bond acceptors (Lipinski definition) is 4. The lowest BCUT2D eigenvalue weighted by Gasteiger charge is -2.32. The largest absolute Gasteiger partial charge is 0.467 e. The van der Waals surface area contributed by atoms with Gasteiger partial charge in [0.15, 0.2) is 0 Å². The summed E-state index contributed by atoms with van der Waals surface area (Å²) in [7, 11) is 0. The van der Waals surface area contributed by atoms with Crippen molar-refractivity contribution in [3.63, 3.8) is 0 Å². The first-order valence-electron chi connectivity index (χ1n) is 10.7. The zero-order chi connectivity index (χ0) is 20.5. The molecule has 6 nitrogen and oxygen atoms in total. The average Bonchev–Trinajstić information content (AvgIpc) is 3.47. The fraction of sp³-hybridized carbons (Fsp3) is 0.375. The Labute approximate surface area is 175 Å². The van der Waals surface area contributed by atoms with Crippen LogP contribution in [0.15, 0.2) is 47.1 Å². The normalized spacial score (nSPS) is 16.6. The summed E-state index contributed by atoms with van der Waals surface area (Å²) in [6.45, 7) is 1.60. The van der Waals surface area contributed by atoms with Crippen LogP contribution in [0.1, 0.15) is 46.6 Å². The number of aryl methyl sites for hydroxylation is 1. The lowest BCUT2D eigenvalue weighted by Crippen LogP contribution is -2.43. The first-order valence-corrected chi connectivity index (χ1v) is 10.7. The van der Waals surface area contributed by atoms with Crippen molar-refractivity contribution in [2.24, 2.45) is 5.92 Å². The number of benzene rings is 1. The van der Waals surface area contributed by atoms with Crippen LogP contribution < -0.4 is 5.32 Å². The Hall–Kier alpha value is -3.15. The molecule has 0 radical (unpaired) electrons. The number of hydrogen-bond donors (Lipinski definition) is 1. The van der Waals surface area contributed by atoms with Crippen LogP contribution in [-0.4, -0.2) is 34.8 Å². The number of furan rings is 1. The molecule has 30 heavy (non-hydrogen) atoms. The maximum atomic E-state index is 13.5. The maximum absolute atomic E-state index is 13.5. The van der Waals surface area contributed by atoms with Crippen molar-refractivity contribution in [2.75, 3.05) is 13.1 Å². The van der Waals surface area contributed by atoms with E-state index in [0.717, 1.165) is 52.7 Å². The van der Waals surface area contributed by atoms with E-state index in [0.29, 0.717) is 32.5 Å². The van der Waals surface area contributed by atoms with Crippen LogP contribution in [0.2, 0.25) is 0 Å². The van der Waals surface area contributed by atoms with Crippen LogP contribution in [0.5, 0.6) is 0 Å². The summed E-state index contributed by atoms with van der Waals surface area (Å²) in [5, 5.41) is 3.89. The maximum Gasteiger partial charge on any atom is 0.254 e. The van der Waals surface area contributed by atoms with E-state index < -0.39 is 0 Å². The molecule has 0 saturated carbocycles. The topological polar surface area (TPSA) is 75.4 Å². The van der Waals surface area contributed by atoms with Crippen LogP contribution in [-0.2, 0) is 24.2 Å². The second-order valence-corrected chi connectivity index (χ2v) is 8.15. The number of nitrogens with zero attached hydrogens (tertiary/aromatic N) is 2. The van der Waals surface area contributed by atoms with E-state index in [4.69, 9.17) is 9.40 Å². The summed E-state index contributed by atoms with van der Waals surface area (Å²) < 4.78 is 5.27. The van der Waals surface area contributed by atoms with E-state index in [1.807, 2.05) is 41.3 Å². The third-order valence-corrected chi connectivity index (χ3v) is 6.30. The molecule has 5 rings (SSSR count). The monoisotopic (exact) mass is 403 g/mol. The van der Waals surface area contributed by atoms with E-state index in [9.17, 15) is 9.59 Å². The van der Waals surface area contributed by atoms with Gasteiger partial charge in [-0.05, 0) is 55.9 Å². The summed E-state index contributed by atoms with van der Waals surface area (Å²) in [4.78, 5) is 32.7. The molecule has 1 aliphatic heterocycles. The standard InChI is InChI=1S/C24H25N3O3/c28-23(25-15-17-5-4-14-30-17)16-10-12-27(13-11-16)24(29)22-18-6-1-2-8-20(18)26-21-9-3-7-19(21)22/h1-2,4-6,8,14,16H,3,7,9-13,15H2,(H,25,28). The van der Waals surface area contributed by atoms with E-state index in [1.54, 1.807) is 6.26 Å². The van der Waals surface area contributed by atoms with Crippen LogP contribution in [0, 0.1) is 5.92 Å². The van der Waals surface area contributed by atoms with Gasteiger partial charge in [0, 0.05) is 30.1 Å². The SMILES string of the molecule is O=C(NCc1ccco1)C1CCN(C(=O)c2c3c(nc4ccccc24)CCC3)CC1. The predicted molar refractivity (Wildman–Crippen MR) is 113 cm³/mol. The molecule has 0 spiro atoms. The number of nitrogens with one attached hydrogen (secondary N) is 1. The van der Waals surface area contributed by atoms with Gasteiger partial charge < -0.3 is 14.6 Å². The number of carbonyl (C=O) groups excluding carboxylic acids is 2. The van der Waals surface area contributed by atoms with Gasteiger partial charge in [0.25, 0.3) is 5.91 Å². The molecule has 2 aliphatic rings. The summed E-state index contributed by atoms with van der Waals surface area (Å²) in [5.41, 5.74) is 3.92.